The lowest BCUT2D eigenvalue weighted by atomic mass is 9.50. The van der Waals surface area contributed by atoms with Gasteiger partial charge in [0.2, 0.25) is 0 Å². The Labute approximate surface area is 123 Å². The zero-order valence-electron chi connectivity index (χ0n) is 11.4. The molecule has 1 nitrogen and oxygen atoms in total. The molecule has 3 atom stereocenters. The summed E-state index contributed by atoms with van der Waals surface area (Å²) in [7, 11) is 0. The van der Waals surface area contributed by atoms with Gasteiger partial charge in [-0.15, -0.1) is 0 Å². The van der Waals surface area contributed by atoms with Crippen molar-refractivity contribution in [1.82, 2.24) is 0 Å². The number of hydrogen-bond acceptors (Lipinski definition) is 1. The van der Waals surface area contributed by atoms with Crippen LogP contribution in [0.3, 0.4) is 0 Å². The molecule has 0 aliphatic heterocycles. The van der Waals surface area contributed by atoms with Gasteiger partial charge in [0, 0.05) is 15.3 Å². The van der Waals surface area contributed by atoms with Gasteiger partial charge in [-0.05, 0) is 38.0 Å². The van der Waals surface area contributed by atoms with E-state index in [1.165, 1.54) is 11.1 Å². The number of halogens is 2. The summed E-state index contributed by atoms with van der Waals surface area (Å²) >= 11 is 10.1. The van der Waals surface area contributed by atoms with E-state index in [-0.39, 0.29) is 21.8 Å². The lowest BCUT2D eigenvalue weighted by Gasteiger charge is -2.57. The van der Waals surface area contributed by atoms with Crippen LogP contribution in [-0.4, -0.2) is 16.0 Å². The fourth-order valence-corrected chi connectivity index (χ4v) is 4.59. The van der Waals surface area contributed by atoms with E-state index >= 15 is 0 Å². The Morgan fingerprint density at radius 2 is 2.06 bits per heavy atom. The van der Waals surface area contributed by atoms with Crippen LogP contribution >= 0.6 is 27.5 Å². The molecule has 0 aromatic rings. The van der Waals surface area contributed by atoms with Crippen LogP contribution in [0.5, 0.6) is 0 Å². The molecule has 0 aromatic heterocycles. The van der Waals surface area contributed by atoms with Crippen LogP contribution in [0.15, 0.2) is 22.8 Å². The van der Waals surface area contributed by atoms with E-state index in [0.29, 0.717) is 6.42 Å². The van der Waals surface area contributed by atoms with Crippen molar-refractivity contribution in [3.63, 3.8) is 0 Å². The molecular formula is C15H22BrClO. The van der Waals surface area contributed by atoms with Gasteiger partial charge in [0.1, 0.15) is 0 Å². The molecule has 2 aliphatic carbocycles. The summed E-state index contributed by atoms with van der Waals surface area (Å²) in [4.78, 5) is 0.0957. The van der Waals surface area contributed by atoms with Crippen LogP contribution < -0.4 is 0 Å². The average Bonchev–Trinajstić information content (AvgIpc) is 2.29. The van der Waals surface area contributed by atoms with E-state index in [1.54, 1.807) is 0 Å². The van der Waals surface area contributed by atoms with Crippen LogP contribution in [-0.2, 0) is 0 Å². The van der Waals surface area contributed by atoms with Crippen molar-refractivity contribution < 1.29 is 5.11 Å². The highest BCUT2D eigenvalue weighted by molar-refractivity contribution is 9.09. The molecule has 0 radical (unpaired) electrons. The van der Waals surface area contributed by atoms with Gasteiger partial charge in [0.15, 0.2) is 0 Å². The van der Waals surface area contributed by atoms with Crippen molar-refractivity contribution in [1.29, 1.82) is 0 Å². The zero-order valence-corrected chi connectivity index (χ0v) is 13.7. The summed E-state index contributed by atoms with van der Waals surface area (Å²) < 4.78 is 0. The van der Waals surface area contributed by atoms with Crippen LogP contribution in [0.25, 0.3) is 0 Å². The van der Waals surface area contributed by atoms with E-state index in [2.05, 4.69) is 43.3 Å². The monoisotopic (exact) mass is 332 g/mol. The average molecular weight is 334 g/mol. The van der Waals surface area contributed by atoms with Crippen LogP contribution in [0, 0.1) is 10.8 Å². The molecule has 1 fully saturated rings. The molecule has 0 amide bonds. The van der Waals surface area contributed by atoms with Gasteiger partial charge in [0.05, 0.1) is 6.10 Å². The van der Waals surface area contributed by atoms with Crippen molar-refractivity contribution in [2.45, 2.75) is 57.4 Å². The first kappa shape index (κ1) is 14.6. The summed E-state index contributed by atoms with van der Waals surface area (Å²) in [6.07, 6.45) is 3.35. The van der Waals surface area contributed by atoms with Crippen molar-refractivity contribution in [3.8, 4) is 0 Å². The highest BCUT2D eigenvalue weighted by Crippen LogP contribution is 2.62. The lowest BCUT2D eigenvalue weighted by molar-refractivity contribution is 0.000421. The number of rotatable bonds is 0. The molecule has 3 unspecified atom stereocenters. The molecular weight excluding hydrogens is 312 g/mol. The Bertz CT molecular complexity index is 413. The van der Waals surface area contributed by atoms with Gasteiger partial charge in [0.25, 0.3) is 0 Å². The fraction of sp³-hybridized carbons (Fsp3) is 0.733. The number of aliphatic hydroxyl groups is 1. The zero-order chi connectivity index (χ0) is 13.7. The summed E-state index contributed by atoms with van der Waals surface area (Å²) in [5, 5.41) is 11.2. The van der Waals surface area contributed by atoms with Crippen LogP contribution in [0.1, 0.15) is 46.5 Å². The van der Waals surface area contributed by atoms with Gasteiger partial charge in [-0.2, -0.15) is 0 Å². The Balaban J connectivity index is 2.45. The van der Waals surface area contributed by atoms with Gasteiger partial charge < -0.3 is 5.11 Å². The highest BCUT2D eigenvalue weighted by atomic mass is 79.9. The highest BCUT2D eigenvalue weighted by Gasteiger charge is 2.56. The van der Waals surface area contributed by atoms with Crippen molar-refractivity contribution in [2.24, 2.45) is 10.8 Å². The number of aliphatic hydroxyl groups excluding tert-OH is 1. The second-order valence-corrected chi connectivity index (χ2v) is 7.89. The SMILES string of the molecule is C=C1CC(O)C(Br)C(C)(C)C12CCC(C)=C(Cl)C2. The van der Waals surface area contributed by atoms with Gasteiger partial charge in [-0.1, -0.05) is 59.1 Å². The lowest BCUT2D eigenvalue weighted by Crippen LogP contribution is -2.54. The molecule has 18 heavy (non-hydrogen) atoms. The molecule has 3 heteroatoms. The Hall–Kier alpha value is 0.210. The number of hydrogen-bond donors (Lipinski definition) is 1. The molecule has 1 spiro atoms. The maximum Gasteiger partial charge on any atom is 0.0707 e. The Morgan fingerprint density at radius 3 is 2.61 bits per heavy atom. The molecule has 0 aromatic carbocycles. The van der Waals surface area contributed by atoms with Crippen molar-refractivity contribution in [2.75, 3.05) is 0 Å². The molecule has 0 bridgehead atoms. The molecule has 0 saturated heterocycles. The largest absolute Gasteiger partial charge is 0.392 e. The minimum Gasteiger partial charge on any atom is -0.392 e. The smallest absolute Gasteiger partial charge is 0.0707 e. The Morgan fingerprint density at radius 1 is 1.44 bits per heavy atom. The van der Waals surface area contributed by atoms with E-state index in [1.807, 2.05) is 0 Å². The topological polar surface area (TPSA) is 20.2 Å². The summed E-state index contributed by atoms with van der Waals surface area (Å²) in [6.45, 7) is 10.8. The van der Waals surface area contributed by atoms with E-state index < -0.39 is 0 Å². The van der Waals surface area contributed by atoms with Gasteiger partial charge >= 0.3 is 0 Å². The molecule has 2 aliphatic rings. The van der Waals surface area contributed by atoms with E-state index in [4.69, 9.17) is 11.6 Å². The predicted octanol–water partition coefficient (Wildman–Crippen LogP) is 4.78. The van der Waals surface area contributed by atoms with Crippen molar-refractivity contribution in [3.05, 3.63) is 22.8 Å². The maximum absolute atomic E-state index is 10.2. The molecule has 2 rings (SSSR count). The second kappa shape index (κ2) is 4.64. The minimum absolute atomic E-state index is 0.0248. The summed E-state index contributed by atoms with van der Waals surface area (Å²) in [5.41, 5.74) is 2.46. The third kappa shape index (κ3) is 1.92. The van der Waals surface area contributed by atoms with Gasteiger partial charge in [-0.25, -0.2) is 0 Å². The third-order valence-electron chi connectivity index (χ3n) is 5.24. The number of allylic oxidation sites excluding steroid dienone is 2. The predicted molar refractivity (Wildman–Crippen MR) is 81.1 cm³/mol. The van der Waals surface area contributed by atoms with Crippen LogP contribution in [0.2, 0.25) is 0 Å². The second-order valence-electron chi connectivity index (χ2n) is 6.44. The first-order chi connectivity index (χ1) is 8.22. The number of alkyl halides is 1. The summed E-state index contributed by atoms with van der Waals surface area (Å²) in [5.74, 6) is 0. The molecule has 102 valence electrons. The van der Waals surface area contributed by atoms with Crippen LogP contribution in [0.4, 0.5) is 0 Å². The molecule has 1 saturated carbocycles. The quantitative estimate of drug-likeness (QED) is 0.499. The third-order valence-corrected chi connectivity index (χ3v) is 7.45. The maximum atomic E-state index is 10.2. The minimum atomic E-state index is -0.344. The van der Waals surface area contributed by atoms with E-state index in [9.17, 15) is 5.11 Å². The Kier molecular flexibility index (Phi) is 3.77. The normalized spacial score (nSPS) is 40.4. The van der Waals surface area contributed by atoms with Gasteiger partial charge in [-0.3, -0.25) is 0 Å². The molecule has 0 heterocycles. The summed E-state index contributed by atoms with van der Waals surface area (Å²) in [6, 6.07) is 0. The first-order valence-electron chi connectivity index (χ1n) is 6.57. The standard InChI is InChI=1S/C15H22BrClO/c1-9-5-6-15(8-11(9)17)10(2)7-12(18)13(16)14(15,3)4/h12-13,18H,2,5-8H2,1,3-4H3. The first-order valence-corrected chi connectivity index (χ1v) is 7.86. The van der Waals surface area contributed by atoms with Crippen molar-refractivity contribution >= 4 is 27.5 Å². The molecule has 1 N–H and O–H groups in total. The van der Waals surface area contributed by atoms with E-state index in [0.717, 1.165) is 24.3 Å². The fourth-order valence-electron chi connectivity index (χ4n) is 3.64.